The van der Waals surface area contributed by atoms with E-state index in [1.54, 1.807) is 21.0 Å². The molecule has 0 aliphatic carbocycles. The number of nitrogens with one attached hydrogen (secondary N) is 2. The van der Waals surface area contributed by atoms with Crippen LogP contribution in [0.15, 0.2) is 47.4 Å². The van der Waals surface area contributed by atoms with E-state index in [1.807, 2.05) is 30.3 Å². The molecule has 1 aliphatic rings. The van der Waals surface area contributed by atoms with Gasteiger partial charge in [0.2, 0.25) is 0 Å². The van der Waals surface area contributed by atoms with E-state index in [9.17, 15) is 13.9 Å². The highest BCUT2D eigenvalue weighted by Gasteiger charge is 2.42. The van der Waals surface area contributed by atoms with Crippen LogP contribution in [0, 0.1) is 0 Å². The predicted octanol–water partition coefficient (Wildman–Crippen LogP) is 5.88. The molecule has 0 bridgehead atoms. The molecule has 200 valence electrons. The second-order valence-corrected chi connectivity index (χ2v) is 12.3. The fourth-order valence-electron chi connectivity index (χ4n) is 4.94. The van der Waals surface area contributed by atoms with Crippen molar-refractivity contribution in [3.8, 4) is 5.75 Å². The van der Waals surface area contributed by atoms with Crippen molar-refractivity contribution in [2.24, 2.45) is 0 Å². The average molecular weight is 519 g/mol. The molecule has 0 spiro atoms. The first-order valence-corrected chi connectivity index (χ1v) is 14.4. The van der Waals surface area contributed by atoms with Crippen LogP contribution in [-0.4, -0.2) is 46.1 Å². The highest BCUT2D eigenvalue weighted by Crippen LogP contribution is 2.58. The molecule has 2 aromatic rings. The number of esters is 1. The van der Waals surface area contributed by atoms with Gasteiger partial charge in [0.05, 0.1) is 30.9 Å². The minimum absolute atomic E-state index is 0.228. The summed E-state index contributed by atoms with van der Waals surface area (Å²) < 4.78 is 34.0. The topological polar surface area (TPSA) is 100 Å². The van der Waals surface area contributed by atoms with E-state index >= 15 is 0 Å². The Morgan fingerprint density at radius 2 is 1.89 bits per heavy atom. The lowest BCUT2D eigenvalue weighted by molar-refractivity contribution is -0.147. The molecule has 3 rings (SSSR count). The third-order valence-electron chi connectivity index (χ3n) is 7.24. The molecule has 1 aliphatic heterocycles. The van der Waals surface area contributed by atoms with Crippen LogP contribution in [0.4, 0.5) is 0 Å². The first kappa shape index (κ1) is 28.5. The van der Waals surface area contributed by atoms with Gasteiger partial charge in [-0.25, -0.2) is 0 Å². The SMILES string of the molecule is CCCC[C@]1(CC)CS(O)(O)c2cc(CNC(C)(C)C(=O)OC)c(OC)cc2[C@@H](c2ccccc2)N1. The number of carbonyl (C=O) groups excluding carboxylic acids is 1. The van der Waals surface area contributed by atoms with Gasteiger partial charge in [0.15, 0.2) is 0 Å². The molecule has 0 unspecified atom stereocenters. The summed E-state index contributed by atoms with van der Waals surface area (Å²) in [5, 5.41) is 7.08. The number of ether oxygens (including phenoxy) is 2. The molecule has 8 heteroatoms. The van der Waals surface area contributed by atoms with Crippen molar-refractivity contribution in [2.45, 2.75) is 81.9 Å². The number of benzene rings is 2. The molecular formula is C28H42N2O5S. The standard InChI is InChI=1S/C28H42N2O5S/c1-7-9-15-28(8-2)19-36(32,33)24-16-21(18-29-27(3,4)26(31)35-6)23(34-5)17-22(24)25(30-28)20-13-11-10-12-14-20/h10-14,16-17,25,29-30,32-33H,7-9,15,18-19H2,1-6H3/t25-,28-/m1/s1. The molecule has 0 saturated carbocycles. The first-order valence-electron chi connectivity index (χ1n) is 12.7. The third-order valence-corrected chi connectivity index (χ3v) is 9.25. The number of methoxy groups -OCH3 is 2. The van der Waals surface area contributed by atoms with E-state index < -0.39 is 21.7 Å². The number of fused-ring (bicyclic) bond motifs is 1. The third kappa shape index (κ3) is 6.06. The summed E-state index contributed by atoms with van der Waals surface area (Å²) in [4.78, 5) is 12.7. The second-order valence-electron chi connectivity index (χ2n) is 10.2. The molecule has 1 heterocycles. The molecule has 2 atom stereocenters. The van der Waals surface area contributed by atoms with Gasteiger partial charge in [-0.15, -0.1) is 0 Å². The molecule has 7 nitrogen and oxygen atoms in total. The minimum Gasteiger partial charge on any atom is -0.496 e. The molecule has 0 radical (unpaired) electrons. The summed E-state index contributed by atoms with van der Waals surface area (Å²) >= 11 is 0. The summed E-state index contributed by atoms with van der Waals surface area (Å²) in [6.07, 6.45) is 3.66. The van der Waals surface area contributed by atoms with E-state index in [2.05, 4.69) is 36.6 Å². The number of rotatable bonds is 10. The zero-order valence-corrected chi connectivity index (χ0v) is 23.2. The molecule has 4 N–H and O–H groups in total. The maximum Gasteiger partial charge on any atom is 0.325 e. The van der Waals surface area contributed by atoms with Crippen LogP contribution in [0.3, 0.4) is 0 Å². The Bertz CT molecular complexity index is 1040. The predicted molar refractivity (Wildman–Crippen MR) is 146 cm³/mol. The lowest BCUT2D eigenvalue weighted by Gasteiger charge is -2.42. The van der Waals surface area contributed by atoms with Crippen molar-refractivity contribution in [3.05, 3.63) is 59.2 Å². The van der Waals surface area contributed by atoms with Gasteiger partial charge in [0.25, 0.3) is 0 Å². The Labute approximate surface area is 217 Å². The van der Waals surface area contributed by atoms with Crippen molar-refractivity contribution < 1.29 is 23.4 Å². The zero-order valence-electron chi connectivity index (χ0n) is 22.4. The van der Waals surface area contributed by atoms with Gasteiger partial charge in [0.1, 0.15) is 11.3 Å². The maximum absolute atomic E-state index is 12.2. The first-order chi connectivity index (χ1) is 17.0. The van der Waals surface area contributed by atoms with Gasteiger partial charge in [0, 0.05) is 23.2 Å². The van der Waals surface area contributed by atoms with E-state index in [4.69, 9.17) is 9.47 Å². The van der Waals surface area contributed by atoms with Gasteiger partial charge in [-0.05, 0) is 44.4 Å². The maximum atomic E-state index is 12.2. The Morgan fingerprint density at radius 1 is 1.19 bits per heavy atom. The zero-order chi connectivity index (χ0) is 26.6. The summed E-state index contributed by atoms with van der Waals surface area (Å²) in [7, 11) is -0.164. The fourth-order valence-corrected chi connectivity index (χ4v) is 7.18. The van der Waals surface area contributed by atoms with Gasteiger partial charge >= 0.3 is 5.97 Å². The molecule has 0 aromatic heterocycles. The number of carbonyl (C=O) groups is 1. The van der Waals surface area contributed by atoms with Crippen LogP contribution in [0.5, 0.6) is 5.75 Å². The van der Waals surface area contributed by atoms with Gasteiger partial charge in [-0.2, -0.15) is 10.6 Å². The summed E-state index contributed by atoms with van der Waals surface area (Å²) in [6.45, 7) is 8.07. The monoisotopic (exact) mass is 518 g/mol. The van der Waals surface area contributed by atoms with Crippen molar-refractivity contribution in [1.82, 2.24) is 10.6 Å². The lowest BCUT2D eigenvalue weighted by Crippen LogP contribution is -2.49. The lowest BCUT2D eigenvalue weighted by atomic mass is 9.88. The van der Waals surface area contributed by atoms with Gasteiger partial charge < -0.3 is 9.47 Å². The van der Waals surface area contributed by atoms with Crippen LogP contribution >= 0.6 is 10.6 Å². The number of unbranched alkanes of at least 4 members (excludes halogenated alkanes) is 1. The van der Waals surface area contributed by atoms with E-state index in [0.717, 1.165) is 42.4 Å². The van der Waals surface area contributed by atoms with Crippen molar-refractivity contribution >= 4 is 16.6 Å². The molecule has 0 saturated heterocycles. The highest BCUT2D eigenvalue weighted by molar-refractivity contribution is 8.24. The number of hydrogen-bond acceptors (Lipinski definition) is 7. The van der Waals surface area contributed by atoms with Crippen LogP contribution in [0.2, 0.25) is 0 Å². The summed E-state index contributed by atoms with van der Waals surface area (Å²) in [5.41, 5.74) is 1.27. The average Bonchev–Trinajstić information content (AvgIpc) is 2.97. The van der Waals surface area contributed by atoms with Gasteiger partial charge in [-0.1, -0.05) is 57.0 Å². The van der Waals surface area contributed by atoms with Crippen molar-refractivity contribution in [3.63, 3.8) is 0 Å². The smallest absolute Gasteiger partial charge is 0.325 e. The number of hydrogen-bond donors (Lipinski definition) is 4. The van der Waals surface area contributed by atoms with Crippen LogP contribution in [0.1, 0.15) is 76.1 Å². The van der Waals surface area contributed by atoms with Gasteiger partial charge in [-0.3, -0.25) is 24.5 Å². The van der Waals surface area contributed by atoms with E-state index in [1.165, 1.54) is 7.11 Å². The summed E-state index contributed by atoms with van der Waals surface area (Å²) in [5.74, 6) is 0.495. The Kier molecular flexibility index (Phi) is 9.11. The van der Waals surface area contributed by atoms with Crippen LogP contribution in [0.25, 0.3) is 0 Å². The summed E-state index contributed by atoms with van der Waals surface area (Å²) in [6, 6.07) is 13.7. The molecular weight excluding hydrogens is 476 g/mol. The van der Waals surface area contributed by atoms with Crippen LogP contribution in [-0.2, 0) is 16.1 Å². The quantitative estimate of drug-likeness (QED) is 0.292. The Morgan fingerprint density at radius 3 is 2.47 bits per heavy atom. The largest absolute Gasteiger partial charge is 0.496 e. The Balaban J connectivity index is 2.15. The van der Waals surface area contributed by atoms with E-state index in [0.29, 0.717) is 17.2 Å². The highest BCUT2D eigenvalue weighted by atomic mass is 32.3. The van der Waals surface area contributed by atoms with Crippen molar-refractivity contribution in [2.75, 3.05) is 20.0 Å². The molecule has 0 fully saturated rings. The van der Waals surface area contributed by atoms with Crippen LogP contribution < -0.4 is 15.4 Å². The second kappa shape index (κ2) is 11.5. The Hall–Kier alpha value is -2.10. The normalized spacial score (nSPS) is 22.3. The van der Waals surface area contributed by atoms with E-state index in [-0.39, 0.29) is 17.8 Å². The minimum atomic E-state index is -3.13. The molecule has 2 aromatic carbocycles. The molecule has 0 amide bonds. The van der Waals surface area contributed by atoms with Crippen molar-refractivity contribution in [1.29, 1.82) is 0 Å². The molecule has 36 heavy (non-hydrogen) atoms. The fraction of sp³-hybridized carbons (Fsp3) is 0.536.